The molecule has 6 atom stereocenters. The number of aryl methyl sites for hydroxylation is 1. The predicted octanol–water partition coefficient (Wildman–Crippen LogP) is 20.2. The van der Waals surface area contributed by atoms with E-state index >= 15 is 0 Å². The average Bonchev–Trinajstić information content (AvgIpc) is 3.24. The maximum atomic E-state index is 12.2. The molecule has 0 radical (unpaired) electrons. The molecule has 0 aliphatic carbocycles. The van der Waals surface area contributed by atoms with Crippen molar-refractivity contribution in [1.82, 2.24) is 0 Å². The molecule has 1 aromatic rings. The Balaban J connectivity index is 2.82. The zero-order valence-electron chi connectivity index (χ0n) is 45.9. The predicted molar refractivity (Wildman–Crippen MR) is 290 cm³/mol. The van der Waals surface area contributed by atoms with Crippen LogP contribution in [0, 0.1) is 35.5 Å². The van der Waals surface area contributed by atoms with Crippen molar-refractivity contribution in [2.24, 2.45) is 35.5 Å². The van der Waals surface area contributed by atoms with E-state index in [1.54, 1.807) is 7.11 Å². The van der Waals surface area contributed by atoms with E-state index in [9.17, 15) is 5.11 Å². The van der Waals surface area contributed by atoms with Crippen LogP contribution >= 0.6 is 0 Å². The van der Waals surface area contributed by atoms with Gasteiger partial charge in [-0.25, -0.2) is 0 Å². The van der Waals surface area contributed by atoms with Crippen molar-refractivity contribution in [1.29, 1.82) is 0 Å². The second-order valence-corrected chi connectivity index (χ2v) is 23.0. The first-order chi connectivity index (χ1) is 31.1. The van der Waals surface area contributed by atoms with Crippen LogP contribution in [0.4, 0.5) is 0 Å². The number of ether oxygens (including phenoxy) is 2. The fourth-order valence-corrected chi connectivity index (χ4v) is 9.91. The number of hydrogen-bond donors (Lipinski definition) is 1. The number of hydrogen-bond acceptors (Lipinski definition) is 3. The van der Waals surface area contributed by atoms with Crippen LogP contribution in [0.1, 0.15) is 281 Å². The lowest BCUT2D eigenvalue weighted by Crippen LogP contribution is -2.43. The molecule has 0 bridgehead atoms. The van der Waals surface area contributed by atoms with Crippen LogP contribution in [0.5, 0.6) is 11.5 Å². The lowest BCUT2D eigenvalue weighted by Gasteiger charge is -2.34. The maximum Gasteiger partial charge on any atom is 0.127 e. The monoisotopic (exact) mass is 907 g/mol. The molecule has 1 N–H and O–H groups in total. The molecule has 380 valence electrons. The highest BCUT2D eigenvalue weighted by Gasteiger charge is 2.33. The van der Waals surface area contributed by atoms with Gasteiger partial charge in [-0.2, -0.15) is 0 Å². The molecule has 0 saturated carbocycles. The van der Waals surface area contributed by atoms with Gasteiger partial charge in [-0.15, -0.1) is 0 Å². The van der Waals surface area contributed by atoms with Gasteiger partial charge < -0.3 is 14.6 Å². The van der Waals surface area contributed by atoms with E-state index in [1.165, 1.54) is 165 Å². The largest absolute Gasteiger partial charge is 0.497 e. The van der Waals surface area contributed by atoms with Crippen LogP contribution in [-0.2, 0) is 6.42 Å². The van der Waals surface area contributed by atoms with Crippen LogP contribution in [0.15, 0.2) is 42.0 Å². The normalized spacial score (nSPS) is 15.7. The Hall–Kier alpha value is -1.74. The Kier molecular flexibility index (Phi) is 36.9. The number of rotatable bonds is 44. The van der Waals surface area contributed by atoms with E-state index in [-0.39, 0.29) is 6.10 Å². The Labute approximate surface area is 408 Å². The van der Waals surface area contributed by atoms with Crippen molar-refractivity contribution in [2.45, 2.75) is 293 Å². The first kappa shape index (κ1) is 61.3. The summed E-state index contributed by atoms with van der Waals surface area (Å²) in [5.41, 5.74) is 1.82. The van der Waals surface area contributed by atoms with E-state index in [4.69, 9.17) is 9.47 Å². The molecule has 0 saturated heterocycles. The Morgan fingerprint density at radius 3 is 1.52 bits per heavy atom. The minimum atomic E-state index is -0.918. The summed E-state index contributed by atoms with van der Waals surface area (Å²) in [4.78, 5) is 0. The Morgan fingerprint density at radius 1 is 0.538 bits per heavy atom. The summed E-state index contributed by atoms with van der Waals surface area (Å²) < 4.78 is 12.7. The van der Waals surface area contributed by atoms with Gasteiger partial charge in [-0.05, 0) is 138 Å². The number of allylic oxidation sites excluding steroid dienone is 4. The number of aliphatic hydroxyl groups is 1. The summed E-state index contributed by atoms with van der Waals surface area (Å²) in [5.74, 6) is 6.51. The molecule has 0 aromatic heterocycles. The molecule has 65 heavy (non-hydrogen) atoms. The highest BCUT2D eigenvalue weighted by Crippen LogP contribution is 2.32. The molecular weight excluding hydrogens is 793 g/mol. The lowest BCUT2D eigenvalue weighted by atomic mass is 9.86. The number of benzene rings is 1. The van der Waals surface area contributed by atoms with Crippen molar-refractivity contribution < 1.29 is 14.6 Å². The Morgan fingerprint density at radius 2 is 1.00 bits per heavy atom. The molecule has 0 aliphatic heterocycles. The van der Waals surface area contributed by atoms with Gasteiger partial charge in [0.1, 0.15) is 17.6 Å². The van der Waals surface area contributed by atoms with Crippen LogP contribution in [0.2, 0.25) is 0 Å². The topological polar surface area (TPSA) is 38.7 Å². The van der Waals surface area contributed by atoms with Crippen LogP contribution in [0.25, 0.3) is 0 Å². The minimum absolute atomic E-state index is 0.289. The zero-order valence-corrected chi connectivity index (χ0v) is 45.9. The summed E-state index contributed by atoms with van der Waals surface area (Å²) in [6.07, 6.45) is 47.1. The van der Waals surface area contributed by atoms with Gasteiger partial charge in [0.05, 0.1) is 12.7 Å². The summed E-state index contributed by atoms with van der Waals surface area (Å²) in [7, 11) is 1.76. The van der Waals surface area contributed by atoms with Gasteiger partial charge in [0, 0.05) is 6.07 Å². The smallest absolute Gasteiger partial charge is 0.127 e. The molecule has 0 aliphatic rings. The van der Waals surface area contributed by atoms with Crippen molar-refractivity contribution in [3.8, 4) is 11.5 Å². The second kappa shape index (κ2) is 39.1. The van der Waals surface area contributed by atoms with E-state index in [0.717, 1.165) is 92.5 Å². The fraction of sp³-hybridized carbons (Fsp3) is 0.839. The molecule has 1 aromatic carbocycles. The summed E-state index contributed by atoms with van der Waals surface area (Å²) in [6.45, 7) is 25.8. The van der Waals surface area contributed by atoms with Crippen molar-refractivity contribution in [3.05, 3.63) is 47.6 Å². The van der Waals surface area contributed by atoms with Crippen molar-refractivity contribution in [2.75, 3.05) is 7.11 Å². The van der Waals surface area contributed by atoms with Crippen molar-refractivity contribution >= 4 is 0 Å². The maximum absolute atomic E-state index is 12.2. The lowest BCUT2D eigenvalue weighted by molar-refractivity contribution is -0.0585. The Bertz CT molecular complexity index is 1290. The molecule has 1 rings (SSSR count). The third-order valence-corrected chi connectivity index (χ3v) is 14.7. The molecule has 3 nitrogen and oxygen atoms in total. The van der Waals surface area contributed by atoms with Crippen molar-refractivity contribution in [3.63, 3.8) is 0 Å². The van der Waals surface area contributed by atoms with Crippen LogP contribution in [0.3, 0.4) is 0 Å². The van der Waals surface area contributed by atoms with Gasteiger partial charge in [0.15, 0.2) is 0 Å². The first-order valence-corrected chi connectivity index (χ1v) is 28.5. The van der Waals surface area contributed by atoms with Gasteiger partial charge in [0.25, 0.3) is 0 Å². The van der Waals surface area contributed by atoms with E-state index in [1.807, 2.05) is 13.0 Å². The third kappa shape index (κ3) is 35.1. The van der Waals surface area contributed by atoms with Gasteiger partial charge in [0.2, 0.25) is 0 Å². The summed E-state index contributed by atoms with van der Waals surface area (Å²) in [6, 6.07) is 6.41. The van der Waals surface area contributed by atoms with Gasteiger partial charge in [-0.3, -0.25) is 0 Å². The summed E-state index contributed by atoms with van der Waals surface area (Å²) >= 11 is 0. The summed E-state index contributed by atoms with van der Waals surface area (Å²) in [5, 5.41) is 12.2. The molecule has 0 heterocycles. The van der Waals surface area contributed by atoms with E-state index in [0.29, 0.717) is 5.92 Å². The zero-order chi connectivity index (χ0) is 48.1. The fourth-order valence-electron chi connectivity index (χ4n) is 9.91. The van der Waals surface area contributed by atoms with Gasteiger partial charge in [-0.1, -0.05) is 221 Å². The molecule has 3 heteroatoms. The standard InChI is InChI=1S/C62H114O3/c1-13-14-15-16-17-18-19-20-21-22-23-24-25-45-58-48-59(64-12)50-60(49-58)65-61(62(11,63)47-32-44-57(10)42-30-38-54(7)36-27-34-52(4)5)46-31-43-56(9)41-29-40-55(8)39-28-37-53(6)35-26-33-51(2)3/h21-22,43,48-55,57,61,63H,13-20,23-42,44-47H2,1-12H3. The number of unbranched alkanes of at least 4 members (excludes halogenated alkanes) is 9. The quantitative estimate of drug-likeness (QED) is 0.0524. The first-order valence-electron chi connectivity index (χ1n) is 28.5. The molecule has 0 spiro atoms. The van der Waals surface area contributed by atoms with E-state index in [2.05, 4.69) is 99.6 Å². The van der Waals surface area contributed by atoms with Gasteiger partial charge >= 0.3 is 0 Å². The van der Waals surface area contributed by atoms with Crippen LogP contribution < -0.4 is 9.47 Å². The molecular formula is C62H114O3. The highest BCUT2D eigenvalue weighted by atomic mass is 16.5. The molecule has 6 unspecified atom stereocenters. The SMILES string of the molecule is CCCCCCCCCC=CCCCCc1cc(OC)cc(OC(CCC=C(C)CCCC(C)CCCC(C)CCCC(C)C)C(C)(O)CCCC(C)CCCC(C)CCCC(C)C)c1. The highest BCUT2D eigenvalue weighted by molar-refractivity contribution is 5.39. The van der Waals surface area contributed by atoms with Crippen LogP contribution in [-0.4, -0.2) is 23.9 Å². The average molecular weight is 908 g/mol. The minimum Gasteiger partial charge on any atom is -0.497 e. The third-order valence-electron chi connectivity index (χ3n) is 14.7. The molecule has 0 amide bonds. The number of methoxy groups -OCH3 is 1. The second-order valence-electron chi connectivity index (χ2n) is 23.0. The molecule has 0 fully saturated rings. The van der Waals surface area contributed by atoms with E-state index < -0.39 is 5.60 Å².